The lowest BCUT2D eigenvalue weighted by Gasteiger charge is -2.32. The highest BCUT2D eigenvalue weighted by atomic mass is 16.6. The van der Waals surface area contributed by atoms with Crippen LogP contribution in [0.1, 0.15) is 81.6 Å². The highest BCUT2D eigenvalue weighted by Gasteiger charge is 2.50. The summed E-state index contributed by atoms with van der Waals surface area (Å²) in [5.41, 5.74) is 5.02. The molecular weight excluding hydrogens is 468 g/mol. The fourth-order valence-electron chi connectivity index (χ4n) is 4.37. The summed E-state index contributed by atoms with van der Waals surface area (Å²) >= 11 is 0. The van der Waals surface area contributed by atoms with Gasteiger partial charge in [0.1, 0.15) is 11.2 Å². The molecule has 1 rings (SSSR count). The molecule has 0 bridgehead atoms. The predicted octanol–water partition coefficient (Wildman–Crippen LogP) is 3.08. The molecule has 5 atom stereocenters. The van der Waals surface area contributed by atoms with Crippen LogP contribution in [0, 0.1) is 17.8 Å². The van der Waals surface area contributed by atoms with Gasteiger partial charge in [-0.3, -0.25) is 15.4 Å². The number of alkyl carbamates (subject to hydrolysis) is 2. The number of rotatable bonds is 7. The van der Waals surface area contributed by atoms with Gasteiger partial charge >= 0.3 is 18.2 Å². The average Bonchev–Trinajstić information content (AvgIpc) is 3.01. The summed E-state index contributed by atoms with van der Waals surface area (Å²) < 4.78 is 15.8. The lowest BCUT2D eigenvalue weighted by Crippen LogP contribution is -2.49. The van der Waals surface area contributed by atoms with Gasteiger partial charge in [-0.05, 0) is 60.8 Å². The molecular formula is C25H46N4O7. The summed E-state index contributed by atoms with van der Waals surface area (Å²) in [4.78, 5) is 42.1. The van der Waals surface area contributed by atoms with E-state index in [1.807, 2.05) is 13.8 Å². The lowest BCUT2D eigenvalue weighted by atomic mass is 9.81. The van der Waals surface area contributed by atoms with Crippen LogP contribution < -0.4 is 16.4 Å². The monoisotopic (exact) mass is 514 g/mol. The molecule has 1 unspecified atom stereocenters. The number of amides is 2. The van der Waals surface area contributed by atoms with Crippen LogP contribution in [-0.4, -0.2) is 65.2 Å². The van der Waals surface area contributed by atoms with Gasteiger partial charge in [0.25, 0.3) is 0 Å². The van der Waals surface area contributed by atoms with Gasteiger partial charge in [-0.2, -0.15) is 0 Å². The minimum Gasteiger partial charge on any atom is -0.466 e. The van der Waals surface area contributed by atoms with Crippen molar-refractivity contribution < 1.29 is 33.7 Å². The van der Waals surface area contributed by atoms with Crippen molar-refractivity contribution in [3.05, 3.63) is 0 Å². The lowest BCUT2D eigenvalue weighted by molar-refractivity contribution is -0.151. The Labute approximate surface area is 214 Å². The standard InChI is InChI=1S/C25H46N4O7/c1-10-14(11-2)18(26)17-16(13-15(19(17)30)20(31)34-12-3)27-21(28-22(32)35-24(4,5)6)29-23(33)36-25(7,8)9/h14-19,30H,10-13,26H2,1-9H3,(H2,27,28,29,32,33)/t15-,16+,17+,18?,19+/m0/s1. The zero-order valence-corrected chi connectivity index (χ0v) is 23.2. The summed E-state index contributed by atoms with van der Waals surface area (Å²) in [6.07, 6.45) is -1.08. The molecule has 2 amide bonds. The molecule has 0 spiro atoms. The van der Waals surface area contributed by atoms with Crippen LogP contribution >= 0.6 is 0 Å². The molecule has 36 heavy (non-hydrogen) atoms. The third-order valence-electron chi connectivity index (χ3n) is 5.91. The van der Waals surface area contributed by atoms with E-state index >= 15 is 0 Å². The Morgan fingerprint density at radius 1 is 0.972 bits per heavy atom. The summed E-state index contributed by atoms with van der Waals surface area (Å²) in [6.45, 7) is 16.1. The fraction of sp³-hybridized carbons (Fsp3) is 0.840. The molecule has 11 nitrogen and oxygen atoms in total. The zero-order valence-electron chi connectivity index (χ0n) is 23.2. The molecule has 11 heteroatoms. The van der Waals surface area contributed by atoms with Crippen LogP contribution in [0.3, 0.4) is 0 Å². The fourth-order valence-corrected chi connectivity index (χ4v) is 4.37. The number of carbonyl (C=O) groups is 3. The number of nitrogens with zero attached hydrogens (tertiary/aromatic N) is 1. The Morgan fingerprint density at radius 2 is 1.44 bits per heavy atom. The molecule has 1 aliphatic rings. The maximum atomic E-state index is 12.6. The number of esters is 1. The highest BCUT2D eigenvalue weighted by Crippen LogP contribution is 2.39. The van der Waals surface area contributed by atoms with Crippen LogP contribution in [0.2, 0.25) is 0 Å². The molecule has 0 aromatic rings. The quantitative estimate of drug-likeness (QED) is 0.174. The van der Waals surface area contributed by atoms with Crippen molar-refractivity contribution in [2.45, 2.75) is 111 Å². The first-order chi connectivity index (χ1) is 16.5. The highest BCUT2D eigenvalue weighted by molar-refractivity contribution is 6.01. The van der Waals surface area contributed by atoms with Gasteiger partial charge in [0.05, 0.1) is 24.7 Å². The second-order valence-electron chi connectivity index (χ2n) is 11.1. The van der Waals surface area contributed by atoms with E-state index in [9.17, 15) is 19.5 Å². The van der Waals surface area contributed by atoms with Gasteiger partial charge in [0.2, 0.25) is 5.96 Å². The van der Waals surface area contributed by atoms with Gasteiger partial charge in [-0.15, -0.1) is 0 Å². The Bertz CT molecular complexity index is 752. The van der Waals surface area contributed by atoms with Gasteiger partial charge in [-0.25, -0.2) is 14.6 Å². The van der Waals surface area contributed by atoms with Crippen LogP contribution in [-0.2, 0) is 19.0 Å². The maximum absolute atomic E-state index is 12.6. The maximum Gasteiger partial charge on any atom is 0.414 e. The molecule has 1 fully saturated rings. The summed E-state index contributed by atoms with van der Waals surface area (Å²) in [5.74, 6) is -2.13. The largest absolute Gasteiger partial charge is 0.466 e. The van der Waals surface area contributed by atoms with Crippen LogP contribution in [0.4, 0.5) is 9.59 Å². The third-order valence-corrected chi connectivity index (χ3v) is 5.91. The van der Waals surface area contributed by atoms with Gasteiger partial charge in [0, 0.05) is 12.0 Å². The molecule has 5 N–H and O–H groups in total. The van der Waals surface area contributed by atoms with E-state index in [-0.39, 0.29) is 24.9 Å². The first-order valence-corrected chi connectivity index (χ1v) is 12.7. The molecule has 1 aliphatic carbocycles. The normalized spacial score (nSPS) is 23.0. The molecule has 0 heterocycles. The van der Waals surface area contributed by atoms with E-state index in [0.717, 1.165) is 12.8 Å². The molecule has 0 aliphatic heterocycles. The number of nitrogens with two attached hydrogens (primary N) is 1. The van der Waals surface area contributed by atoms with Crippen LogP contribution in [0.25, 0.3) is 0 Å². The Kier molecular flexibility index (Phi) is 11.6. The Balaban J connectivity index is 3.40. The number of hydrogen-bond donors (Lipinski definition) is 4. The second kappa shape index (κ2) is 13.2. The number of hydrogen-bond acceptors (Lipinski definition) is 9. The number of nitrogens with one attached hydrogen (secondary N) is 2. The number of guanidine groups is 1. The van der Waals surface area contributed by atoms with E-state index in [4.69, 9.17) is 19.9 Å². The van der Waals surface area contributed by atoms with E-state index < -0.39 is 59.4 Å². The average molecular weight is 515 g/mol. The van der Waals surface area contributed by atoms with Crippen molar-refractivity contribution in [1.29, 1.82) is 0 Å². The van der Waals surface area contributed by atoms with Crippen molar-refractivity contribution in [2.24, 2.45) is 28.5 Å². The summed E-state index contributed by atoms with van der Waals surface area (Å²) in [5, 5.41) is 16.0. The minimum absolute atomic E-state index is 0.0735. The molecule has 0 aromatic heterocycles. The van der Waals surface area contributed by atoms with Crippen LogP contribution in [0.5, 0.6) is 0 Å². The molecule has 0 saturated heterocycles. The van der Waals surface area contributed by atoms with Crippen molar-refractivity contribution in [3.63, 3.8) is 0 Å². The van der Waals surface area contributed by atoms with E-state index in [1.54, 1.807) is 48.5 Å². The third kappa shape index (κ3) is 9.93. The van der Waals surface area contributed by atoms with Crippen LogP contribution in [0.15, 0.2) is 4.99 Å². The Hall–Kier alpha value is -2.40. The van der Waals surface area contributed by atoms with Crippen molar-refractivity contribution >= 4 is 24.1 Å². The van der Waals surface area contributed by atoms with Gasteiger partial charge in [-0.1, -0.05) is 26.7 Å². The predicted molar refractivity (Wildman–Crippen MR) is 136 cm³/mol. The van der Waals surface area contributed by atoms with Crippen molar-refractivity contribution in [1.82, 2.24) is 10.6 Å². The van der Waals surface area contributed by atoms with Crippen molar-refractivity contribution in [2.75, 3.05) is 6.61 Å². The number of carbonyl (C=O) groups excluding carboxylic acids is 3. The van der Waals surface area contributed by atoms with Crippen molar-refractivity contribution in [3.8, 4) is 0 Å². The SMILES string of the molecule is CCOC(=O)[C@H]1C[C@@H](N=C(NC(=O)OC(C)(C)C)NC(=O)OC(C)(C)C)[C@H](C(N)C(CC)CC)[C@@H]1O. The number of aliphatic imine (C=N–C) groups is 1. The van der Waals surface area contributed by atoms with Gasteiger partial charge < -0.3 is 25.1 Å². The summed E-state index contributed by atoms with van der Waals surface area (Å²) in [6, 6.07) is -1.17. The Morgan fingerprint density at radius 3 is 1.83 bits per heavy atom. The van der Waals surface area contributed by atoms with Gasteiger partial charge in [0.15, 0.2) is 0 Å². The number of ether oxygens (including phenoxy) is 3. The zero-order chi connectivity index (χ0) is 27.8. The first-order valence-electron chi connectivity index (χ1n) is 12.7. The number of aliphatic hydroxyl groups excluding tert-OH is 1. The molecule has 0 aromatic carbocycles. The second-order valence-corrected chi connectivity index (χ2v) is 11.1. The van der Waals surface area contributed by atoms with E-state index in [2.05, 4.69) is 15.6 Å². The summed E-state index contributed by atoms with van der Waals surface area (Å²) in [7, 11) is 0. The van der Waals surface area contributed by atoms with E-state index in [0.29, 0.717) is 0 Å². The number of aliphatic hydroxyl groups is 1. The topological polar surface area (TPSA) is 162 Å². The van der Waals surface area contributed by atoms with E-state index in [1.165, 1.54) is 0 Å². The first kappa shape index (κ1) is 31.6. The molecule has 0 radical (unpaired) electrons. The molecule has 1 saturated carbocycles. The minimum atomic E-state index is -1.10. The molecule has 208 valence electrons. The smallest absolute Gasteiger partial charge is 0.414 e.